The average Bonchev–Trinajstić information content (AvgIpc) is 2.46. The van der Waals surface area contributed by atoms with Gasteiger partial charge in [0.15, 0.2) is 0 Å². The maximum Gasteiger partial charge on any atom is 0.0972 e. The van der Waals surface area contributed by atoms with Crippen molar-refractivity contribution in [3.8, 4) is 0 Å². The van der Waals surface area contributed by atoms with Crippen molar-refractivity contribution in [1.82, 2.24) is 4.98 Å². The van der Waals surface area contributed by atoms with Crippen LogP contribution in [0.4, 0.5) is 0 Å². The molecular weight excluding hydrogens is 246 g/mol. The van der Waals surface area contributed by atoms with Crippen LogP contribution in [0, 0.1) is 6.92 Å². The molecule has 0 aliphatic heterocycles. The molecule has 0 saturated carbocycles. The standard InChI is InChI=1S/C18H19NO/c1-4-20-13(3)18-16-8-6-5-7-14(16)15-10-9-12(2)11-17(15)19-18/h5-11,13H,4H2,1-3H3. The summed E-state index contributed by atoms with van der Waals surface area (Å²) in [5, 5.41) is 3.64. The molecule has 0 amide bonds. The highest BCUT2D eigenvalue weighted by molar-refractivity contribution is 6.06. The van der Waals surface area contributed by atoms with E-state index in [1.807, 2.05) is 6.92 Å². The smallest absolute Gasteiger partial charge is 0.0972 e. The lowest BCUT2D eigenvalue weighted by molar-refractivity contribution is 0.0747. The average molecular weight is 265 g/mol. The van der Waals surface area contributed by atoms with Gasteiger partial charge in [0.25, 0.3) is 0 Å². The van der Waals surface area contributed by atoms with Gasteiger partial charge >= 0.3 is 0 Å². The Balaban J connectivity index is 2.36. The molecule has 0 radical (unpaired) electrons. The lowest BCUT2D eigenvalue weighted by atomic mass is 10.0. The number of fused-ring (bicyclic) bond motifs is 3. The summed E-state index contributed by atoms with van der Waals surface area (Å²) in [6.07, 6.45) is 0.00909. The van der Waals surface area contributed by atoms with E-state index in [4.69, 9.17) is 9.72 Å². The van der Waals surface area contributed by atoms with Crippen LogP contribution in [0.1, 0.15) is 31.2 Å². The molecule has 20 heavy (non-hydrogen) atoms. The number of aromatic nitrogens is 1. The molecule has 2 heteroatoms. The van der Waals surface area contributed by atoms with Crippen LogP contribution in [0.25, 0.3) is 21.7 Å². The second-order valence-electron chi connectivity index (χ2n) is 5.16. The molecule has 2 nitrogen and oxygen atoms in total. The van der Waals surface area contributed by atoms with E-state index in [-0.39, 0.29) is 6.10 Å². The van der Waals surface area contributed by atoms with Crippen molar-refractivity contribution in [2.75, 3.05) is 6.61 Å². The molecule has 0 N–H and O–H groups in total. The summed E-state index contributed by atoms with van der Waals surface area (Å²) in [5.41, 5.74) is 3.31. The van der Waals surface area contributed by atoms with E-state index >= 15 is 0 Å². The summed E-state index contributed by atoms with van der Waals surface area (Å²) in [5.74, 6) is 0. The van der Waals surface area contributed by atoms with E-state index in [9.17, 15) is 0 Å². The van der Waals surface area contributed by atoms with Crippen molar-refractivity contribution in [1.29, 1.82) is 0 Å². The van der Waals surface area contributed by atoms with Gasteiger partial charge in [-0.15, -0.1) is 0 Å². The third-order valence-electron chi connectivity index (χ3n) is 3.69. The minimum Gasteiger partial charge on any atom is -0.372 e. The van der Waals surface area contributed by atoms with Crippen LogP contribution >= 0.6 is 0 Å². The first-order valence-electron chi connectivity index (χ1n) is 7.11. The van der Waals surface area contributed by atoms with Crippen LogP contribution in [-0.4, -0.2) is 11.6 Å². The lowest BCUT2D eigenvalue weighted by Gasteiger charge is -2.15. The number of aryl methyl sites for hydroxylation is 1. The number of benzene rings is 2. The number of hydrogen-bond donors (Lipinski definition) is 0. The predicted octanol–water partition coefficient (Wildman–Crippen LogP) is 4.79. The zero-order chi connectivity index (χ0) is 14.1. The molecule has 1 unspecified atom stereocenters. The third kappa shape index (κ3) is 2.16. The second kappa shape index (κ2) is 5.22. The summed E-state index contributed by atoms with van der Waals surface area (Å²) in [4.78, 5) is 4.86. The van der Waals surface area contributed by atoms with Gasteiger partial charge in [-0.2, -0.15) is 0 Å². The molecule has 1 aromatic heterocycles. The van der Waals surface area contributed by atoms with Crippen LogP contribution in [0.5, 0.6) is 0 Å². The first-order valence-corrected chi connectivity index (χ1v) is 7.11. The Kier molecular flexibility index (Phi) is 3.41. The summed E-state index contributed by atoms with van der Waals surface area (Å²) < 4.78 is 5.75. The van der Waals surface area contributed by atoms with Gasteiger partial charge in [0.2, 0.25) is 0 Å². The summed E-state index contributed by atoms with van der Waals surface area (Å²) in [6, 6.07) is 14.9. The van der Waals surface area contributed by atoms with Gasteiger partial charge in [-0.3, -0.25) is 0 Å². The monoisotopic (exact) mass is 265 g/mol. The molecule has 1 heterocycles. The van der Waals surface area contributed by atoms with E-state index < -0.39 is 0 Å². The molecule has 3 aromatic rings. The number of ether oxygens (including phenoxy) is 1. The normalized spacial score (nSPS) is 12.9. The maximum absolute atomic E-state index is 5.75. The second-order valence-corrected chi connectivity index (χ2v) is 5.16. The largest absolute Gasteiger partial charge is 0.372 e. The minimum atomic E-state index is 0.00909. The molecule has 0 fully saturated rings. The lowest BCUT2D eigenvalue weighted by Crippen LogP contribution is -2.03. The molecule has 102 valence electrons. The molecule has 0 aliphatic carbocycles. The van der Waals surface area contributed by atoms with E-state index in [1.54, 1.807) is 0 Å². The number of pyridine rings is 1. The summed E-state index contributed by atoms with van der Waals surface area (Å²) >= 11 is 0. The van der Waals surface area contributed by atoms with Crippen LogP contribution in [0.2, 0.25) is 0 Å². The van der Waals surface area contributed by atoms with Crippen molar-refractivity contribution < 1.29 is 4.74 Å². The third-order valence-corrected chi connectivity index (χ3v) is 3.69. The van der Waals surface area contributed by atoms with E-state index in [0.717, 1.165) is 11.2 Å². The Bertz CT molecular complexity index is 764. The van der Waals surface area contributed by atoms with Gasteiger partial charge in [0.05, 0.1) is 17.3 Å². The number of hydrogen-bond acceptors (Lipinski definition) is 2. The summed E-state index contributed by atoms with van der Waals surface area (Å²) in [6.45, 7) is 6.88. The Hall–Kier alpha value is -1.93. The van der Waals surface area contributed by atoms with Crippen molar-refractivity contribution in [2.24, 2.45) is 0 Å². The maximum atomic E-state index is 5.75. The molecule has 0 bridgehead atoms. The van der Waals surface area contributed by atoms with Crippen LogP contribution < -0.4 is 0 Å². The Morgan fingerprint density at radius 2 is 1.80 bits per heavy atom. The van der Waals surface area contributed by atoms with Crippen LogP contribution in [-0.2, 0) is 4.74 Å². The topological polar surface area (TPSA) is 22.1 Å². The Morgan fingerprint density at radius 1 is 1.05 bits per heavy atom. The van der Waals surface area contributed by atoms with E-state index in [2.05, 4.69) is 56.3 Å². The van der Waals surface area contributed by atoms with Gasteiger partial charge < -0.3 is 4.74 Å². The van der Waals surface area contributed by atoms with Gasteiger partial charge in [-0.25, -0.2) is 4.98 Å². The van der Waals surface area contributed by atoms with Crippen molar-refractivity contribution in [3.05, 3.63) is 53.7 Å². The first-order chi connectivity index (χ1) is 9.70. The fourth-order valence-electron chi connectivity index (χ4n) is 2.73. The molecular formula is C18H19NO. The first kappa shape index (κ1) is 13.1. The predicted molar refractivity (Wildman–Crippen MR) is 84.0 cm³/mol. The zero-order valence-electron chi connectivity index (χ0n) is 12.2. The van der Waals surface area contributed by atoms with E-state index in [0.29, 0.717) is 6.61 Å². The van der Waals surface area contributed by atoms with Crippen molar-refractivity contribution in [3.63, 3.8) is 0 Å². The van der Waals surface area contributed by atoms with Crippen molar-refractivity contribution >= 4 is 21.7 Å². The number of nitrogens with zero attached hydrogens (tertiary/aromatic N) is 1. The van der Waals surface area contributed by atoms with Gasteiger partial charge in [-0.05, 0) is 37.8 Å². The summed E-state index contributed by atoms with van der Waals surface area (Å²) in [7, 11) is 0. The van der Waals surface area contributed by atoms with Crippen LogP contribution in [0.3, 0.4) is 0 Å². The highest BCUT2D eigenvalue weighted by Gasteiger charge is 2.13. The zero-order valence-corrected chi connectivity index (χ0v) is 12.2. The Morgan fingerprint density at radius 3 is 2.55 bits per heavy atom. The highest BCUT2D eigenvalue weighted by atomic mass is 16.5. The van der Waals surface area contributed by atoms with Gasteiger partial charge in [-0.1, -0.05) is 36.4 Å². The van der Waals surface area contributed by atoms with Gasteiger partial charge in [0, 0.05) is 17.4 Å². The Labute approximate surface area is 119 Å². The molecule has 0 saturated heterocycles. The molecule has 1 atom stereocenters. The number of rotatable bonds is 3. The molecule has 0 spiro atoms. The highest BCUT2D eigenvalue weighted by Crippen LogP contribution is 2.30. The fourth-order valence-corrected chi connectivity index (χ4v) is 2.73. The quantitative estimate of drug-likeness (QED) is 0.635. The van der Waals surface area contributed by atoms with Crippen molar-refractivity contribution in [2.45, 2.75) is 26.9 Å². The minimum absolute atomic E-state index is 0.00909. The molecule has 0 aliphatic rings. The van der Waals surface area contributed by atoms with E-state index in [1.165, 1.54) is 21.7 Å². The molecule has 3 rings (SSSR count). The fraction of sp³-hybridized carbons (Fsp3) is 0.278. The molecule has 2 aromatic carbocycles. The SMILES string of the molecule is CCOC(C)c1nc2cc(C)ccc2c2ccccc12. The van der Waals surface area contributed by atoms with Gasteiger partial charge in [0.1, 0.15) is 0 Å². The van der Waals surface area contributed by atoms with Crippen LogP contribution in [0.15, 0.2) is 42.5 Å².